The van der Waals surface area contributed by atoms with E-state index in [1.54, 1.807) is 0 Å². The molecule has 0 fully saturated rings. The van der Waals surface area contributed by atoms with Gasteiger partial charge in [-0.1, -0.05) is 12.1 Å². The van der Waals surface area contributed by atoms with E-state index < -0.39 is 17.8 Å². The van der Waals surface area contributed by atoms with Crippen molar-refractivity contribution in [2.45, 2.75) is 12.6 Å². The number of amides is 1. The summed E-state index contributed by atoms with van der Waals surface area (Å²) >= 11 is 0. The van der Waals surface area contributed by atoms with Gasteiger partial charge in [-0.05, 0) is 11.6 Å². The molecule has 0 bridgehead atoms. The Balaban J connectivity index is 2.84. The molecule has 1 aromatic carbocycles. The van der Waals surface area contributed by atoms with Crippen LogP contribution in [0.5, 0.6) is 0 Å². The number of alkyl halides is 3. The molecule has 1 amide bonds. The zero-order valence-electron chi connectivity index (χ0n) is 8.75. The molecular formula is C10H11F3N2O2. The molecule has 0 heterocycles. The van der Waals surface area contributed by atoms with Gasteiger partial charge in [-0.15, -0.1) is 0 Å². The summed E-state index contributed by atoms with van der Waals surface area (Å²) < 4.78 is 41.9. The van der Waals surface area contributed by atoms with Gasteiger partial charge in [-0.2, -0.15) is 13.2 Å². The summed E-state index contributed by atoms with van der Waals surface area (Å²) in [5.74, 6) is 0. The van der Waals surface area contributed by atoms with Crippen LogP contribution < -0.4 is 11.5 Å². The van der Waals surface area contributed by atoms with E-state index >= 15 is 0 Å². The van der Waals surface area contributed by atoms with Gasteiger partial charge in [0.1, 0.15) is 0 Å². The molecular weight excluding hydrogens is 237 g/mol. The Hall–Kier alpha value is -1.92. The van der Waals surface area contributed by atoms with E-state index in [-0.39, 0.29) is 24.3 Å². The SMILES string of the molecule is NC(=O)OCCc1cccc(C(F)(F)F)c1N. The Morgan fingerprint density at radius 3 is 2.53 bits per heavy atom. The first-order valence-corrected chi connectivity index (χ1v) is 4.69. The summed E-state index contributed by atoms with van der Waals surface area (Å²) in [4.78, 5) is 10.3. The largest absolute Gasteiger partial charge is 0.449 e. The average Bonchev–Trinajstić information content (AvgIpc) is 2.18. The van der Waals surface area contributed by atoms with E-state index in [1.807, 2.05) is 0 Å². The lowest BCUT2D eigenvalue weighted by Crippen LogP contribution is -2.16. The molecule has 7 heteroatoms. The fourth-order valence-corrected chi connectivity index (χ4v) is 1.34. The molecule has 0 aliphatic heterocycles. The van der Waals surface area contributed by atoms with Gasteiger partial charge < -0.3 is 16.2 Å². The van der Waals surface area contributed by atoms with Crippen LogP contribution in [-0.4, -0.2) is 12.7 Å². The van der Waals surface area contributed by atoms with E-state index in [9.17, 15) is 18.0 Å². The van der Waals surface area contributed by atoms with E-state index in [2.05, 4.69) is 4.74 Å². The minimum Gasteiger partial charge on any atom is -0.449 e. The molecule has 0 aliphatic rings. The topological polar surface area (TPSA) is 78.3 Å². The van der Waals surface area contributed by atoms with E-state index in [0.717, 1.165) is 6.07 Å². The predicted octanol–water partition coefficient (Wildman–Crippen LogP) is 1.93. The van der Waals surface area contributed by atoms with Gasteiger partial charge in [0.15, 0.2) is 0 Å². The highest BCUT2D eigenvalue weighted by molar-refractivity contribution is 5.64. The summed E-state index contributed by atoms with van der Waals surface area (Å²) in [5.41, 5.74) is 9.13. The molecule has 4 nitrogen and oxygen atoms in total. The highest BCUT2D eigenvalue weighted by Gasteiger charge is 2.33. The van der Waals surface area contributed by atoms with E-state index in [4.69, 9.17) is 11.5 Å². The van der Waals surface area contributed by atoms with Crippen molar-refractivity contribution < 1.29 is 22.7 Å². The number of primary amides is 1. The average molecular weight is 248 g/mol. The van der Waals surface area contributed by atoms with Crippen LogP contribution in [-0.2, 0) is 17.3 Å². The number of benzene rings is 1. The first-order valence-electron chi connectivity index (χ1n) is 4.69. The van der Waals surface area contributed by atoms with Crippen molar-refractivity contribution in [1.29, 1.82) is 0 Å². The second kappa shape index (κ2) is 4.94. The van der Waals surface area contributed by atoms with Gasteiger partial charge in [-0.3, -0.25) is 0 Å². The molecule has 0 atom stereocenters. The second-order valence-corrected chi connectivity index (χ2v) is 3.29. The number of para-hydroxylation sites is 1. The standard InChI is InChI=1S/C10H11F3N2O2/c11-10(12,13)7-3-1-2-6(8(7)14)4-5-17-9(15)16/h1-3H,4-5,14H2,(H2,15,16). The van der Waals surface area contributed by atoms with Crippen LogP contribution in [0.4, 0.5) is 23.7 Å². The van der Waals surface area contributed by atoms with Crippen LogP contribution in [0, 0.1) is 0 Å². The molecule has 0 unspecified atom stereocenters. The third kappa shape index (κ3) is 3.54. The molecule has 4 N–H and O–H groups in total. The lowest BCUT2D eigenvalue weighted by molar-refractivity contribution is -0.136. The number of carbonyl (C=O) groups is 1. The number of nitrogens with two attached hydrogens (primary N) is 2. The fourth-order valence-electron chi connectivity index (χ4n) is 1.34. The van der Waals surface area contributed by atoms with Gasteiger partial charge in [-0.25, -0.2) is 4.79 Å². The van der Waals surface area contributed by atoms with Crippen LogP contribution in [0.3, 0.4) is 0 Å². The molecule has 0 radical (unpaired) electrons. The van der Waals surface area contributed by atoms with Crippen molar-refractivity contribution in [3.8, 4) is 0 Å². The van der Waals surface area contributed by atoms with Gasteiger partial charge in [0.2, 0.25) is 0 Å². The normalized spacial score (nSPS) is 11.2. The number of anilines is 1. The van der Waals surface area contributed by atoms with Gasteiger partial charge in [0.25, 0.3) is 0 Å². The van der Waals surface area contributed by atoms with E-state index in [1.165, 1.54) is 12.1 Å². The Morgan fingerprint density at radius 2 is 2.00 bits per heavy atom. The Bertz CT molecular complexity index is 419. The summed E-state index contributed by atoms with van der Waals surface area (Å²) in [6, 6.07) is 3.58. The number of nitrogen functional groups attached to an aromatic ring is 1. The number of hydrogen-bond acceptors (Lipinski definition) is 3. The molecule has 0 aliphatic carbocycles. The lowest BCUT2D eigenvalue weighted by Gasteiger charge is -2.13. The van der Waals surface area contributed by atoms with Crippen LogP contribution >= 0.6 is 0 Å². The summed E-state index contributed by atoms with van der Waals surface area (Å²) in [5, 5.41) is 0. The minimum absolute atomic E-state index is 0.0820. The summed E-state index contributed by atoms with van der Waals surface area (Å²) in [7, 11) is 0. The zero-order chi connectivity index (χ0) is 13.1. The Labute approximate surface area is 95.3 Å². The zero-order valence-corrected chi connectivity index (χ0v) is 8.75. The monoisotopic (exact) mass is 248 g/mol. The maximum atomic E-state index is 12.5. The van der Waals surface area contributed by atoms with Crippen molar-refractivity contribution in [3.63, 3.8) is 0 Å². The number of hydrogen-bond donors (Lipinski definition) is 2. The lowest BCUT2D eigenvalue weighted by atomic mass is 10.0. The molecule has 1 rings (SSSR count). The molecule has 0 saturated heterocycles. The number of carbonyl (C=O) groups excluding carboxylic acids is 1. The van der Waals surface area contributed by atoms with Crippen LogP contribution in [0.25, 0.3) is 0 Å². The first-order chi connectivity index (χ1) is 7.82. The third-order valence-electron chi connectivity index (χ3n) is 2.12. The van der Waals surface area contributed by atoms with Gasteiger partial charge in [0.05, 0.1) is 12.2 Å². The van der Waals surface area contributed by atoms with Crippen molar-refractivity contribution in [2.75, 3.05) is 12.3 Å². The Morgan fingerprint density at radius 1 is 1.35 bits per heavy atom. The van der Waals surface area contributed by atoms with Crippen LogP contribution in [0.2, 0.25) is 0 Å². The van der Waals surface area contributed by atoms with Gasteiger partial charge in [0, 0.05) is 12.1 Å². The van der Waals surface area contributed by atoms with E-state index in [0.29, 0.717) is 0 Å². The highest BCUT2D eigenvalue weighted by atomic mass is 19.4. The summed E-state index contributed by atoms with van der Waals surface area (Å²) in [6.45, 7) is -0.110. The highest BCUT2D eigenvalue weighted by Crippen LogP contribution is 2.34. The van der Waals surface area contributed by atoms with Crippen LogP contribution in [0.15, 0.2) is 18.2 Å². The number of ether oxygens (including phenoxy) is 1. The number of rotatable bonds is 3. The smallest absolute Gasteiger partial charge is 0.418 e. The van der Waals surface area contributed by atoms with Gasteiger partial charge >= 0.3 is 12.3 Å². The number of halogens is 3. The molecule has 17 heavy (non-hydrogen) atoms. The predicted molar refractivity (Wildman–Crippen MR) is 55.1 cm³/mol. The molecule has 1 aromatic rings. The maximum Gasteiger partial charge on any atom is 0.418 e. The van der Waals surface area contributed by atoms with Crippen molar-refractivity contribution >= 4 is 11.8 Å². The minimum atomic E-state index is -4.50. The second-order valence-electron chi connectivity index (χ2n) is 3.29. The maximum absolute atomic E-state index is 12.5. The Kier molecular flexibility index (Phi) is 3.82. The molecule has 0 saturated carbocycles. The molecule has 0 aromatic heterocycles. The summed E-state index contributed by atoms with van der Waals surface area (Å²) in [6.07, 6.45) is -5.39. The van der Waals surface area contributed by atoms with Crippen molar-refractivity contribution in [2.24, 2.45) is 5.73 Å². The van der Waals surface area contributed by atoms with Crippen LogP contribution in [0.1, 0.15) is 11.1 Å². The molecule has 94 valence electrons. The molecule has 0 spiro atoms. The van der Waals surface area contributed by atoms with Crippen molar-refractivity contribution in [1.82, 2.24) is 0 Å². The fraction of sp³-hybridized carbons (Fsp3) is 0.300. The first kappa shape index (κ1) is 13.1. The van der Waals surface area contributed by atoms with Crippen molar-refractivity contribution in [3.05, 3.63) is 29.3 Å². The quantitative estimate of drug-likeness (QED) is 0.802. The third-order valence-corrected chi connectivity index (χ3v) is 2.12.